The molecule has 4 N–H and O–H groups in total. The van der Waals surface area contributed by atoms with E-state index < -0.39 is 15.1 Å². The number of sulfone groups is 1. The van der Waals surface area contributed by atoms with Gasteiger partial charge in [0.15, 0.2) is 27.1 Å². The predicted octanol–water partition coefficient (Wildman–Crippen LogP) is 3.81. The number of hydrogen-bond acceptors (Lipinski definition) is 8. The second-order valence-electron chi connectivity index (χ2n) is 7.31. The molecule has 0 unspecified atom stereocenters. The molecule has 4 rings (SSSR count). The Bertz CT molecular complexity index is 1330. The molecule has 2 aromatic heterocycles. The van der Waals surface area contributed by atoms with E-state index in [2.05, 4.69) is 15.1 Å². The first-order valence-electron chi connectivity index (χ1n) is 9.55. The molecule has 0 amide bonds. The summed E-state index contributed by atoms with van der Waals surface area (Å²) in [6, 6.07) is 15.5. The fraction of sp³-hybridized carbons (Fsp3) is 0.136. The maximum atomic E-state index is 12.3. The molecule has 0 bridgehead atoms. The van der Waals surface area contributed by atoms with Crippen LogP contribution in [0.5, 0.6) is 0 Å². The van der Waals surface area contributed by atoms with Gasteiger partial charge >= 0.3 is 0 Å². The summed E-state index contributed by atoms with van der Waals surface area (Å²) in [4.78, 5) is 9.05. The molecular formula is C22H21N5O3S. The van der Waals surface area contributed by atoms with Gasteiger partial charge < -0.3 is 16.0 Å². The van der Waals surface area contributed by atoms with Crippen LogP contribution in [0.2, 0.25) is 0 Å². The van der Waals surface area contributed by atoms with Crippen LogP contribution >= 0.6 is 0 Å². The number of anilines is 2. The molecule has 4 aromatic rings. The van der Waals surface area contributed by atoms with Gasteiger partial charge in [-0.25, -0.2) is 18.4 Å². The molecule has 31 heavy (non-hydrogen) atoms. The zero-order valence-electron chi connectivity index (χ0n) is 17.0. The molecule has 8 nitrogen and oxygen atoms in total. The monoisotopic (exact) mass is 435 g/mol. The Balaban J connectivity index is 1.68. The third kappa shape index (κ3) is 3.99. The lowest BCUT2D eigenvalue weighted by Gasteiger charge is -2.09. The minimum atomic E-state index is -3.35. The molecule has 2 aromatic carbocycles. The third-order valence-electron chi connectivity index (χ3n) is 4.85. The van der Waals surface area contributed by atoms with Crippen LogP contribution in [0, 0.1) is 0 Å². The number of rotatable bonds is 5. The van der Waals surface area contributed by atoms with Gasteiger partial charge in [-0.15, -0.1) is 0 Å². The molecule has 0 fully saturated rings. The maximum absolute atomic E-state index is 12.3. The summed E-state index contributed by atoms with van der Waals surface area (Å²) in [5.41, 5.74) is 15.5. The van der Waals surface area contributed by atoms with Gasteiger partial charge in [-0.3, -0.25) is 0 Å². The fourth-order valence-electron chi connectivity index (χ4n) is 2.98. The molecule has 0 aliphatic rings. The Hall–Kier alpha value is -3.72. The lowest BCUT2D eigenvalue weighted by Crippen LogP contribution is -2.13. The van der Waals surface area contributed by atoms with Crippen LogP contribution in [0.4, 0.5) is 11.5 Å². The molecule has 158 valence electrons. The summed E-state index contributed by atoms with van der Waals surface area (Å²) in [6.45, 7) is 3.30. The largest absolute Gasteiger partial charge is 0.399 e. The van der Waals surface area contributed by atoms with Crippen LogP contribution < -0.4 is 11.5 Å². The summed E-state index contributed by atoms with van der Waals surface area (Å²) in [5.74, 6) is 0.570. The van der Waals surface area contributed by atoms with E-state index in [4.69, 9.17) is 16.0 Å². The highest BCUT2D eigenvalue weighted by atomic mass is 32.2. The topological polar surface area (TPSA) is 138 Å². The zero-order valence-corrected chi connectivity index (χ0v) is 17.8. The third-order valence-corrected chi connectivity index (χ3v) is 7.02. The molecule has 0 aliphatic heterocycles. The smallest absolute Gasteiger partial charge is 0.189 e. The normalized spacial score (nSPS) is 11.7. The average molecular weight is 436 g/mol. The minimum absolute atomic E-state index is 0.197. The van der Waals surface area contributed by atoms with Crippen molar-refractivity contribution in [2.24, 2.45) is 0 Å². The first kappa shape index (κ1) is 20.5. The highest BCUT2D eigenvalue weighted by Gasteiger charge is 2.19. The van der Waals surface area contributed by atoms with E-state index in [1.807, 2.05) is 12.1 Å². The molecule has 0 atom stereocenters. The predicted molar refractivity (Wildman–Crippen MR) is 120 cm³/mol. The summed E-state index contributed by atoms with van der Waals surface area (Å²) >= 11 is 0. The quantitative estimate of drug-likeness (QED) is 0.451. The number of aromatic nitrogens is 3. The molecule has 0 aliphatic carbocycles. The van der Waals surface area contributed by atoms with Gasteiger partial charge in [-0.05, 0) is 38.1 Å². The summed E-state index contributed by atoms with van der Waals surface area (Å²) < 4.78 is 30.1. The number of hydrogen-bond donors (Lipinski definition) is 2. The van der Waals surface area contributed by atoms with Crippen molar-refractivity contribution in [2.45, 2.75) is 24.0 Å². The molecule has 2 heterocycles. The van der Waals surface area contributed by atoms with Gasteiger partial charge in [0, 0.05) is 22.9 Å². The highest BCUT2D eigenvalue weighted by molar-refractivity contribution is 7.92. The van der Waals surface area contributed by atoms with E-state index in [-0.39, 0.29) is 10.7 Å². The molecule has 0 spiro atoms. The molecule has 0 saturated heterocycles. The Kier molecular flexibility index (Phi) is 5.20. The maximum Gasteiger partial charge on any atom is 0.189 e. The Morgan fingerprint density at radius 2 is 1.52 bits per heavy atom. The van der Waals surface area contributed by atoms with Gasteiger partial charge in [0.2, 0.25) is 0 Å². The van der Waals surface area contributed by atoms with E-state index in [1.165, 1.54) is 6.20 Å². The minimum Gasteiger partial charge on any atom is -0.399 e. The van der Waals surface area contributed by atoms with Crippen LogP contribution in [0.15, 0.2) is 70.2 Å². The zero-order chi connectivity index (χ0) is 22.2. The molecular weight excluding hydrogens is 414 g/mol. The number of nitrogens with two attached hydrogens (primary N) is 2. The van der Waals surface area contributed by atoms with Crippen molar-refractivity contribution in [3.63, 3.8) is 0 Å². The molecule has 0 saturated carbocycles. The first-order chi connectivity index (χ1) is 14.8. The van der Waals surface area contributed by atoms with Crippen LogP contribution in [0.1, 0.15) is 13.8 Å². The van der Waals surface area contributed by atoms with E-state index in [0.29, 0.717) is 34.1 Å². The molecule has 0 radical (unpaired) electrons. The van der Waals surface area contributed by atoms with Gasteiger partial charge in [0.25, 0.3) is 0 Å². The first-order valence-corrected chi connectivity index (χ1v) is 11.1. The number of nitrogen functional groups attached to an aromatic ring is 2. The second-order valence-corrected chi connectivity index (χ2v) is 9.81. The number of nitrogens with zero attached hydrogens (tertiary/aromatic N) is 3. The van der Waals surface area contributed by atoms with Gasteiger partial charge in [-0.1, -0.05) is 29.4 Å². The fourth-order valence-corrected chi connectivity index (χ4v) is 4.04. The van der Waals surface area contributed by atoms with Crippen molar-refractivity contribution in [2.75, 3.05) is 11.5 Å². The number of benzene rings is 2. The van der Waals surface area contributed by atoms with Crippen LogP contribution in [-0.2, 0) is 9.84 Å². The van der Waals surface area contributed by atoms with Gasteiger partial charge in [-0.2, -0.15) is 0 Å². The van der Waals surface area contributed by atoms with E-state index in [1.54, 1.807) is 56.3 Å². The van der Waals surface area contributed by atoms with Gasteiger partial charge in [0.05, 0.1) is 22.0 Å². The van der Waals surface area contributed by atoms with Crippen molar-refractivity contribution >= 4 is 21.3 Å². The summed E-state index contributed by atoms with van der Waals surface area (Å²) in [5, 5.41) is 3.59. The lowest BCUT2D eigenvalue weighted by atomic mass is 10.1. The second kappa shape index (κ2) is 7.84. The van der Waals surface area contributed by atoms with Crippen LogP contribution in [0.25, 0.3) is 34.0 Å². The van der Waals surface area contributed by atoms with Crippen molar-refractivity contribution in [3.05, 3.63) is 60.8 Å². The van der Waals surface area contributed by atoms with Crippen molar-refractivity contribution in [3.8, 4) is 34.0 Å². The Morgan fingerprint density at radius 1 is 0.903 bits per heavy atom. The van der Waals surface area contributed by atoms with Crippen molar-refractivity contribution < 1.29 is 12.9 Å². The van der Waals surface area contributed by atoms with Crippen LogP contribution in [0.3, 0.4) is 0 Å². The Labute approximate surface area is 179 Å². The van der Waals surface area contributed by atoms with Crippen LogP contribution in [-0.4, -0.2) is 28.8 Å². The van der Waals surface area contributed by atoms with E-state index >= 15 is 0 Å². The van der Waals surface area contributed by atoms with Gasteiger partial charge in [0.1, 0.15) is 5.69 Å². The molecule has 9 heteroatoms. The SMILES string of the molecule is CC(C)S(=O)(=O)c1ccc(-c2cnc(N)c(-c3cc(-c4ccc(N)cc4)no3)n2)cc1. The van der Waals surface area contributed by atoms with E-state index in [9.17, 15) is 8.42 Å². The highest BCUT2D eigenvalue weighted by Crippen LogP contribution is 2.30. The summed E-state index contributed by atoms with van der Waals surface area (Å²) in [6.07, 6.45) is 1.53. The van der Waals surface area contributed by atoms with E-state index in [0.717, 1.165) is 5.56 Å². The van der Waals surface area contributed by atoms with Crippen molar-refractivity contribution in [1.82, 2.24) is 15.1 Å². The lowest BCUT2D eigenvalue weighted by molar-refractivity contribution is 0.434. The summed E-state index contributed by atoms with van der Waals surface area (Å²) in [7, 11) is -3.35. The Morgan fingerprint density at radius 3 is 2.16 bits per heavy atom. The van der Waals surface area contributed by atoms with Crippen molar-refractivity contribution in [1.29, 1.82) is 0 Å². The average Bonchev–Trinajstić information content (AvgIpc) is 3.24. The standard InChI is InChI=1S/C22H21N5O3S/c1-13(2)31(28,29)17-9-5-15(6-10-17)19-12-25-22(24)21(26-19)20-11-18(27-30-20)14-3-7-16(23)8-4-14/h3-13H,23H2,1-2H3,(H2,24,25).